The van der Waals surface area contributed by atoms with E-state index >= 15 is 0 Å². The minimum atomic E-state index is -1.56. The van der Waals surface area contributed by atoms with Crippen molar-refractivity contribution in [2.24, 2.45) is 0 Å². The molecule has 0 saturated carbocycles. The maximum Gasteiger partial charge on any atom is 0.262 e. The smallest absolute Gasteiger partial charge is 0.262 e. The van der Waals surface area contributed by atoms with Crippen molar-refractivity contribution in [2.75, 3.05) is 0 Å². The van der Waals surface area contributed by atoms with E-state index in [1.807, 2.05) is 12.1 Å². The van der Waals surface area contributed by atoms with Gasteiger partial charge in [0.05, 0.1) is 0 Å². The van der Waals surface area contributed by atoms with Gasteiger partial charge in [-0.25, -0.2) is 0 Å². The fourth-order valence-corrected chi connectivity index (χ4v) is 1.70. The van der Waals surface area contributed by atoms with Crippen molar-refractivity contribution in [3.8, 4) is 0 Å². The number of halogens is 3. The predicted octanol–water partition coefficient (Wildman–Crippen LogP) is 0.977. The molecule has 94 valence electrons. The van der Waals surface area contributed by atoms with E-state index in [2.05, 4.69) is 10.3 Å². The fraction of sp³-hybridized carbons (Fsp3) is 0.400. The van der Waals surface area contributed by atoms with Crippen molar-refractivity contribution in [1.82, 2.24) is 10.3 Å². The molecule has 1 rings (SSSR count). The molecule has 1 aromatic rings. The number of alkyl halides is 3. The molecule has 0 unspecified atom stereocenters. The number of quaternary nitrogens is 1. The second-order valence-corrected chi connectivity index (χ2v) is 5.89. The zero-order valence-electron chi connectivity index (χ0n) is 9.16. The highest BCUT2D eigenvalue weighted by Crippen LogP contribution is 2.27. The zero-order chi connectivity index (χ0) is 12.9. The molecule has 0 radical (unpaired) electrons. The van der Waals surface area contributed by atoms with E-state index < -0.39 is 9.96 Å². The number of pyridine rings is 1. The van der Waals surface area contributed by atoms with Gasteiger partial charge in [-0.2, -0.15) is 0 Å². The molecule has 1 heterocycles. The maximum atomic E-state index is 11.0. The summed E-state index contributed by atoms with van der Waals surface area (Å²) in [7, 11) is 0. The highest BCUT2D eigenvalue weighted by atomic mass is 35.6. The topological polar surface area (TPSA) is 58.6 Å². The molecule has 0 aliphatic heterocycles. The molecule has 0 saturated heterocycles. The van der Waals surface area contributed by atoms with E-state index in [0.29, 0.717) is 6.54 Å². The highest BCUT2D eigenvalue weighted by Gasteiger charge is 2.36. The van der Waals surface area contributed by atoms with Crippen molar-refractivity contribution in [3.05, 3.63) is 30.1 Å². The summed E-state index contributed by atoms with van der Waals surface area (Å²) in [6.45, 7) is 1.94. The minimum absolute atomic E-state index is 0.247. The molecule has 4 nitrogen and oxygen atoms in total. The summed E-state index contributed by atoms with van der Waals surface area (Å²) in [6, 6.07) is 3.73. The number of carbonyl (C=O) groups is 1. The molecule has 0 fully saturated rings. The Balaban J connectivity index is 2.59. The molecule has 0 bridgehead atoms. The van der Waals surface area contributed by atoms with Gasteiger partial charge in [0.25, 0.3) is 3.79 Å². The number of nitrogens with one attached hydrogen (secondary N) is 1. The van der Waals surface area contributed by atoms with Crippen molar-refractivity contribution in [3.63, 3.8) is 0 Å². The van der Waals surface area contributed by atoms with Gasteiger partial charge >= 0.3 is 0 Å². The van der Waals surface area contributed by atoms with Gasteiger partial charge in [-0.05, 0) is 6.07 Å². The molecular formula is C10H13Cl3N3O+. The van der Waals surface area contributed by atoms with Crippen LogP contribution in [0.1, 0.15) is 12.5 Å². The Morgan fingerprint density at radius 1 is 1.59 bits per heavy atom. The lowest BCUT2D eigenvalue weighted by molar-refractivity contribution is -0.707. The fourth-order valence-electron chi connectivity index (χ4n) is 1.27. The van der Waals surface area contributed by atoms with Crippen molar-refractivity contribution in [2.45, 2.75) is 23.4 Å². The van der Waals surface area contributed by atoms with Crippen LogP contribution in [0.3, 0.4) is 0 Å². The van der Waals surface area contributed by atoms with Gasteiger partial charge in [-0.3, -0.25) is 9.78 Å². The number of hydrogen-bond donors (Lipinski definition) is 2. The Morgan fingerprint density at radius 3 is 2.76 bits per heavy atom. The SMILES string of the molecule is CC(=O)N[C@H]([NH2+]Cc1cccnc1)C(Cl)(Cl)Cl. The number of aromatic nitrogens is 1. The van der Waals surface area contributed by atoms with Crippen LogP contribution < -0.4 is 10.6 Å². The third-order valence-electron chi connectivity index (χ3n) is 2.02. The maximum absolute atomic E-state index is 11.0. The second kappa shape index (κ2) is 6.40. The molecule has 3 N–H and O–H groups in total. The van der Waals surface area contributed by atoms with E-state index in [1.54, 1.807) is 17.7 Å². The normalized spacial score (nSPS) is 13.2. The molecule has 1 aromatic heterocycles. The van der Waals surface area contributed by atoms with Crippen LogP contribution in [0.5, 0.6) is 0 Å². The number of nitrogens with zero attached hydrogens (tertiary/aromatic N) is 1. The summed E-state index contributed by atoms with van der Waals surface area (Å²) in [6.07, 6.45) is 2.77. The van der Waals surface area contributed by atoms with E-state index in [4.69, 9.17) is 34.8 Å². The van der Waals surface area contributed by atoms with E-state index in [-0.39, 0.29) is 5.91 Å². The van der Waals surface area contributed by atoms with Gasteiger partial charge in [-0.15, -0.1) is 0 Å². The quantitative estimate of drug-likeness (QED) is 0.643. The van der Waals surface area contributed by atoms with Gasteiger partial charge in [0.2, 0.25) is 12.1 Å². The summed E-state index contributed by atoms with van der Waals surface area (Å²) < 4.78 is -1.56. The first-order valence-electron chi connectivity index (χ1n) is 4.95. The molecule has 1 atom stereocenters. The standard InChI is InChI=1S/C10H12Cl3N3O/c1-7(17)16-9(10(11,12)13)15-6-8-3-2-4-14-5-8/h2-5,9,15H,6H2,1H3,(H,16,17)/p+1/t9-/m0/s1. The molecule has 7 heteroatoms. The first kappa shape index (κ1) is 14.5. The van der Waals surface area contributed by atoms with Crippen LogP contribution in [-0.4, -0.2) is 20.8 Å². The first-order valence-corrected chi connectivity index (χ1v) is 6.09. The van der Waals surface area contributed by atoms with E-state index in [0.717, 1.165) is 5.56 Å². The summed E-state index contributed by atoms with van der Waals surface area (Å²) in [5.74, 6) is -0.247. The molecular weight excluding hydrogens is 284 g/mol. The molecule has 17 heavy (non-hydrogen) atoms. The molecule has 0 aliphatic rings. The van der Waals surface area contributed by atoms with Gasteiger partial charge in [0.1, 0.15) is 6.54 Å². The zero-order valence-corrected chi connectivity index (χ0v) is 11.4. The molecule has 0 aliphatic carbocycles. The second-order valence-electron chi connectivity index (χ2n) is 3.52. The van der Waals surface area contributed by atoms with E-state index in [1.165, 1.54) is 6.92 Å². The van der Waals surface area contributed by atoms with Crippen LogP contribution in [0.2, 0.25) is 0 Å². The Hall–Kier alpha value is -0.550. The largest absolute Gasteiger partial charge is 0.319 e. The van der Waals surface area contributed by atoms with Crippen LogP contribution in [0.15, 0.2) is 24.5 Å². The summed E-state index contributed by atoms with van der Waals surface area (Å²) >= 11 is 17.3. The monoisotopic (exact) mass is 296 g/mol. The van der Waals surface area contributed by atoms with Crippen molar-refractivity contribution >= 4 is 40.7 Å². The first-order chi connectivity index (χ1) is 7.89. The number of hydrogen-bond acceptors (Lipinski definition) is 2. The van der Waals surface area contributed by atoms with Crippen LogP contribution in [0.4, 0.5) is 0 Å². The van der Waals surface area contributed by atoms with Gasteiger partial charge < -0.3 is 10.6 Å². The lowest BCUT2D eigenvalue weighted by Gasteiger charge is -2.22. The third-order valence-corrected chi connectivity index (χ3v) is 2.73. The van der Waals surface area contributed by atoms with Gasteiger partial charge in [-0.1, -0.05) is 40.9 Å². The van der Waals surface area contributed by atoms with Crippen LogP contribution in [-0.2, 0) is 11.3 Å². The van der Waals surface area contributed by atoms with Gasteiger partial charge in [0, 0.05) is 24.9 Å². The van der Waals surface area contributed by atoms with E-state index in [9.17, 15) is 4.79 Å². The Morgan fingerprint density at radius 2 is 2.29 bits per heavy atom. The Labute approximate surface area is 115 Å². The summed E-state index contributed by atoms with van der Waals surface area (Å²) in [4.78, 5) is 15.0. The third kappa shape index (κ3) is 5.55. The summed E-state index contributed by atoms with van der Waals surface area (Å²) in [5, 5.41) is 4.32. The van der Waals surface area contributed by atoms with Gasteiger partial charge in [0.15, 0.2) is 0 Å². The number of carbonyl (C=O) groups excluding carboxylic acids is 1. The lowest BCUT2D eigenvalue weighted by atomic mass is 10.3. The average molecular weight is 298 g/mol. The van der Waals surface area contributed by atoms with Crippen molar-refractivity contribution < 1.29 is 10.1 Å². The predicted molar refractivity (Wildman–Crippen MR) is 67.8 cm³/mol. The number of nitrogens with two attached hydrogens (primary N) is 1. The number of rotatable bonds is 4. The highest BCUT2D eigenvalue weighted by molar-refractivity contribution is 6.68. The number of amides is 1. The summed E-state index contributed by atoms with van der Waals surface area (Å²) in [5.41, 5.74) is 0.983. The molecule has 1 amide bonds. The molecule has 0 aromatic carbocycles. The Kier molecular flexibility index (Phi) is 5.46. The van der Waals surface area contributed by atoms with Crippen LogP contribution in [0.25, 0.3) is 0 Å². The minimum Gasteiger partial charge on any atom is -0.319 e. The Bertz CT molecular complexity index is 367. The molecule has 0 spiro atoms. The van der Waals surface area contributed by atoms with Crippen LogP contribution >= 0.6 is 34.8 Å². The van der Waals surface area contributed by atoms with Crippen molar-refractivity contribution in [1.29, 1.82) is 0 Å². The average Bonchev–Trinajstić information content (AvgIpc) is 2.23. The lowest BCUT2D eigenvalue weighted by Crippen LogP contribution is -2.95. The van der Waals surface area contributed by atoms with Crippen LogP contribution in [0, 0.1) is 0 Å².